The summed E-state index contributed by atoms with van der Waals surface area (Å²) in [6.45, 7) is 0. The summed E-state index contributed by atoms with van der Waals surface area (Å²) < 4.78 is 13.3. The molecule has 2 aromatic rings. The number of anilines is 3. The number of halogens is 1. The quantitative estimate of drug-likeness (QED) is 0.710. The number of hydrogen-bond donors (Lipinski definition) is 3. The molecule has 1 heterocycles. The summed E-state index contributed by atoms with van der Waals surface area (Å²) in [5.41, 5.74) is 5.16. The van der Waals surface area contributed by atoms with E-state index in [0.29, 0.717) is 0 Å². The lowest BCUT2D eigenvalue weighted by atomic mass is 10.3. The van der Waals surface area contributed by atoms with E-state index in [1.807, 2.05) is 0 Å². The van der Waals surface area contributed by atoms with Gasteiger partial charge in [-0.25, -0.2) is 9.37 Å². The van der Waals surface area contributed by atoms with Gasteiger partial charge >= 0.3 is 0 Å². The van der Waals surface area contributed by atoms with Gasteiger partial charge in [-0.3, -0.25) is 4.79 Å². The van der Waals surface area contributed by atoms with Crippen molar-refractivity contribution in [2.24, 2.45) is 0 Å². The Morgan fingerprint density at radius 1 is 1.38 bits per heavy atom. The van der Waals surface area contributed by atoms with Crippen LogP contribution in [-0.2, 0) is 0 Å². The molecule has 2 rings (SSSR count). The molecule has 0 aliphatic heterocycles. The lowest BCUT2D eigenvalue weighted by molar-refractivity contribution is 0.632. The van der Waals surface area contributed by atoms with E-state index in [9.17, 15) is 9.18 Å². The maximum Gasteiger partial charge on any atom is 0.276 e. The third-order valence-corrected chi connectivity index (χ3v) is 2.02. The second-order valence-electron chi connectivity index (χ2n) is 3.10. The van der Waals surface area contributed by atoms with E-state index < -0.39 is 11.4 Å². The summed E-state index contributed by atoms with van der Waals surface area (Å²) >= 11 is 0. The first kappa shape index (κ1) is 10.2. The normalized spacial score (nSPS) is 10.1. The summed E-state index contributed by atoms with van der Waals surface area (Å²) in [7, 11) is 0. The molecule has 4 N–H and O–H groups in total. The van der Waals surface area contributed by atoms with E-state index in [4.69, 9.17) is 5.73 Å². The predicted octanol–water partition coefficient (Wildman–Crippen LogP) is 1.23. The van der Waals surface area contributed by atoms with Gasteiger partial charge in [0.1, 0.15) is 11.5 Å². The lowest BCUT2D eigenvalue weighted by Crippen LogP contribution is -2.14. The van der Waals surface area contributed by atoms with Gasteiger partial charge in [0.15, 0.2) is 5.82 Å². The summed E-state index contributed by atoms with van der Waals surface area (Å²) in [6, 6.07) is 6.05. The van der Waals surface area contributed by atoms with E-state index in [-0.39, 0.29) is 17.2 Å². The number of rotatable bonds is 2. The Morgan fingerprint density at radius 3 is 2.88 bits per heavy atom. The van der Waals surface area contributed by atoms with Crippen LogP contribution in [0.15, 0.2) is 35.4 Å². The molecule has 1 aromatic heterocycles. The monoisotopic (exact) mass is 220 g/mol. The van der Waals surface area contributed by atoms with E-state index in [2.05, 4.69) is 15.3 Å². The number of nitrogens with one attached hydrogen (secondary N) is 2. The molecule has 0 fully saturated rings. The van der Waals surface area contributed by atoms with Gasteiger partial charge in [-0.2, -0.15) is 0 Å². The average Bonchev–Trinajstić information content (AvgIpc) is 2.28. The van der Waals surface area contributed by atoms with Crippen LogP contribution in [0.3, 0.4) is 0 Å². The van der Waals surface area contributed by atoms with Crippen molar-refractivity contribution < 1.29 is 4.39 Å². The van der Waals surface area contributed by atoms with Gasteiger partial charge in [0.25, 0.3) is 5.56 Å². The zero-order valence-corrected chi connectivity index (χ0v) is 8.20. The van der Waals surface area contributed by atoms with Gasteiger partial charge in [-0.1, -0.05) is 12.1 Å². The Hall–Kier alpha value is -2.37. The molecule has 0 saturated carbocycles. The van der Waals surface area contributed by atoms with Crippen molar-refractivity contribution in [1.82, 2.24) is 9.97 Å². The fraction of sp³-hybridized carbons (Fsp3) is 0. The molecule has 0 aliphatic carbocycles. The number of nitrogens with zero attached hydrogens (tertiary/aromatic N) is 1. The first-order chi connectivity index (χ1) is 7.68. The van der Waals surface area contributed by atoms with Crippen molar-refractivity contribution in [3.8, 4) is 0 Å². The second kappa shape index (κ2) is 4.01. The zero-order valence-electron chi connectivity index (χ0n) is 8.20. The number of benzene rings is 1. The van der Waals surface area contributed by atoms with Crippen LogP contribution in [0.5, 0.6) is 0 Å². The third kappa shape index (κ3) is 1.85. The number of hydrogen-bond acceptors (Lipinski definition) is 4. The molecule has 0 saturated heterocycles. The van der Waals surface area contributed by atoms with Crippen LogP contribution in [-0.4, -0.2) is 9.97 Å². The highest BCUT2D eigenvalue weighted by Gasteiger charge is 2.06. The molecule has 0 aliphatic rings. The number of nitrogens with two attached hydrogens (primary N) is 1. The molecular weight excluding hydrogens is 211 g/mol. The number of aromatic amines is 1. The van der Waals surface area contributed by atoms with Crippen LogP contribution >= 0.6 is 0 Å². The van der Waals surface area contributed by atoms with Crippen LogP contribution < -0.4 is 16.6 Å². The molecule has 0 bridgehead atoms. The minimum atomic E-state index is -0.464. The van der Waals surface area contributed by atoms with Gasteiger partial charge in [-0.15, -0.1) is 0 Å². The number of H-pyrrole nitrogens is 1. The minimum Gasteiger partial charge on any atom is -0.391 e. The number of aromatic nitrogens is 2. The fourth-order valence-electron chi connectivity index (χ4n) is 1.20. The minimum absolute atomic E-state index is 0.0780. The molecule has 0 atom stereocenters. The molecular formula is C10H9FN4O. The maximum atomic E-state index is 13.3. The summed E-state index contributed by atoms with van der Waals surface area (Å²) in [4.78, 5) is 17.3. The van der Waals surface area contributed by atoms with E-state index >= 15 is 0 Å². The van der Waals surface area contributed by atoms with Crippen LogP contribution in [0.1, 0.15) is 0 Å². The van der Waals surface area contributed by atoms with Crippen molar-refractivity contribution in [2.75, 3.05) is 11.1 Å². The van der Waals surface area contributed by atoms with Gasteiger partial charge < -0.3 is 16.0 Å². The largest absolute Gasteiger partial charge is 0.391 e. The lowest BCUT2D eigenvalue weighted by Gasteiger charge is -2.07. The van der Waals surface area contributed by atoms with Crippen LogP contribution in [0.2, 0.25) is 0 Å². The molecule has 16 heavy (non-hydrogen) atoms. The summed E-state index contributed by atoms with van der Waals surface area (Å²) in [5.74, 6) is -0.308. The van der Waals surface area contributed by atoms with Gasteiger partial charge in [0.2, 0.25) is 0 Å². The van der Waals surface area contributed by atoms with E-state index in [1.54, 1.807) is 12.1 Å². The van der Waals surface area contributed by atoms with Crippen LogP contribution in [0.4, 0.5) is 21.6 Å². The maximum absolute atomic E-state index is 13.3. The van der Waals surface area contributed by atoms with Gasteiger partial charge in [0.05, 0.1) is 12.0 Å². The van der Waals surface area contributed by atoms with E-state index in [1.165, 1.54) is 18.5 Å². The summed E-state index contributed by atoms with van der Waals surface area (Å²) in [6.07, 6.45) is 1.20. The zero-order chi connectivity index (χ0) is 11.5. The van der Waals surface area contributed by atoms with Gasteiger partial charge in [-0.05, 0) is 12.1 Å². The van der Waals surface area contributed by atoms with Crippen molar-refractivity contribution in [3.05, 3.63) is 46.8 Å². The number of para-hydroxylation sites is 1. The smallest absolute Gasteiger partial charge is 0.276 e. The Bertz CT molecular complexity index is 567. The first-order valence-corrected chi connectivity index (χ1v) is 4.53. The van der Waals surface area contributed by atoms with E-state index in [0.717, 1.165) is 0 Å². The molecule has 82 valence electrons. The Balaban J connectivity index is 2.38. The molecule has 0 amide bonds. The standard InChI is InChI=1S/C10H9FN4O/c11-6-3-1-2-4-7(6)15-9-8(12)10(16)14-5-13-9/h1-5H,12H2,(H2,13,14,15,16). The Labute approximate surface area is 90.1 Å². The molecule has 0 spiro atoms. The molecule has 5 nitrogen and oxygen atoms in total. The Kier molecular flexibility index (Phi) is 2.55. The topological polar surface area (TPSA) is 83.8 Å². The summed E-state index contributed by atoms with van der Waals surface area (Å²) in [5, 5.41) is 2.65. The highest BCUT2D eigenvalue weighted by atomic mass is 19.1. The predicted molar refractivity (Wildman–Crippen MR) is 59.0 cm³/mol. The molecule has 1 aromatic carbocycles. The third-order valence-electron chi connectivity index (χ3n) is 2.02. The number of nitrogen functional groups attached to an aromatic ring is 1. The SMILES string of the molecule is Nc1c(Nc2ccccc2F)nc[nH]c1=O. The Morgan fingerprint density at radius 2 is 2.12 bits per heavy atom. The fourth-order valence-corrected chi connectivity index (χ4v) is 1.20. The molecule has 6 heteroatoms. The average molecular weight is 220 g/mol. The van der Waals surface area contributed by atoms with Crippen molar-refractivity contribution in [1.29, 1.82) is 0 Å². The first-order valence-electron chi connectivity index (χ1n) is 4.53. The van der Waals surface area contributed by atoms with Crippen molar-refractivity contribution in [2.45, 2.75) is 0 Å². The highest BCUT2D eigenvalue weighted by molar-refractivity contribution is 5.67. The van der Waals surface area contributed by atoms with Crippen molar-refractivity contribution >= 4 is 17.2 Å². The second-order valence-corrected chi connectivity index (χ2v) is 3.10. The highest BCUT2D eigenvalue weighted by Crippen LogP contribution is 2.19. The van der Waals surface area contributed by atoms with Crippen molar-refractivity contribution in [3.63, 3.8) is 0 Å². The van der Waals surface area contributed by atoms with Crippen LogP contribution in [0.25, 0.3) is 0 Å². The van der Waals surface area contributed by atoms with Crippen LogP contribution in [0, 0.1) is 5.82 Å². The molecule has 0 radical (unpaired) electrons. The molecule has 0 unspecified atom stereocenters. The van der Waals surface area contributed by atoms with Gasteiger partial charge in [0, 0.05) is 0 Å².